The second kappa shape index (κ2) is 3.75. The SMILES string of the molecule is COc1cccc([C@@H]2CNC3(CC3)[C@H]2C#N)c1. The summed E-state index contributed by atoms with van der Waals surface area (Å²) in [6.07, 6.45) is 2.29. The Bertz CT molecular complexity index is 473. The molecule has 2 aliphatic rings. The number of hydrogen-bond acceptors (Lipinski definition) is 3. The first-order valence-electron chi connectivity index (χ1n) is 6.08. The zero-order valence-corrected chi connectivity index (χ0v) is 9.94. The van der Waals surface area contributed by atoms with Gasteiger partial charge >= 0.3 is 0 Å². The van der Waals surface area contributed by atoms with Crippen LogP contribution in [-0.2, 0) is 0 Å². The van der Waals surface area contributed by atoms with Gasteiger partial charge in [0.05, 0.1) is 19.1 Å². The average molecular weight is 228 g/mol. The summed E-state index contributed by atoms with van der Waals surface area (Å²) in [5, 5.41) is 12.9. The summed E-state index contributed by atoms with van der Waals surface area (Å²) in [6, 6.07) is 10.6. The van der Waals surface area contributed by atoms with Crippen LogP contribution in [0.15, 0.2) is 24.3 Å². The molecule has 17 heavy (non-hydrogen) atoms. The molecule has 0 amide bonds. The summed E-state index contributed by atoms with van der Waals surface area (Å²) >= 11 is 0. The van der Waals surface area contributed by atoms with Crippen LogP contribution >= 0.6 is 0 Å². The smallest absolute Gasteiger partial charge is 0.119 e. The number of ether oxygens (including phenoxy) is 1. The lowest BCUT2D eigenvalue weighted by molar-refractivity contribution is 0.413. The van der Waals surface area contributed by atoms with Gasteiger partial charge in [0, 0.05) is 18.0 Å². The lowest BCUT2D eigenvalue weighted by Gasteiger charge is -2.17. The highest BCUT2D eigenvalue weighted by molar-refractivity contribution is 5.36. The van der Waals surface area contributed by atoms with Gasteiger partial charge in [-0.25, -0.2) is 0 Å². The van der Waals surface area contributed by atoms with Crippen LogP contribution in [0.1, 0.15) is 24.3 Å². The van der Waals surface area contributed by atoms with Crippen molar-refractivity contribution >= 4 is 0 Å². The molecule has 0 aromatic heterocycles. The number of rotatable bonds is 2. The van der Waals surface area contributed by atoms with Crippen molar-refractivity contribution in [2.75, 3.05) is 13.7 Å². The maximum absolute atomic E-state index is 9.38. The molecule has 88 valence electrons. The van der Waals surface area contributed by atoms with Crippen LogP contribution in [0, 0.1) is 17.2 Å². The fraction of sp³-hybridized carbons (Fsp3) is 0.500. The number of methoxy groups -OCH3 is 1. The van der Waals surface area contributed by atoms with E-state index in [9.17, 15) is 5.26 Å². The summed E-state index contributed by atoms with van der Waals surface area (Å²) in [5.41, 5.74) is 1.34. The Morgan fingerprint density at radius 3 is 2.94 bits per heavy atom. The van der Waals surface area contributed by atoms with E-state index < -0.39 is 0 Å². The molecule has 1 aliphatic heterocycles. The monoisotopic (exact) mass is 228 g/mol. The van der Waals surface area contributed by atoms with Crippen LogP contribution in [-0.4, -0.2) is 19.2 Å². The second-order valence-electron chi connectivity index (χ2n) is 5.03. The van der Waals surface area contributed by atoms with Gasteiger partial charge in [-0.15, -0.1) is 0 Å². The van der Waals surface area contributed by atoms with E-state index in [1.807, 2.05) is 12.1 Å². The normalized spacial score (nSPS) is 28.9. The van der Waals surface area contributed by atoms with Crippen molar-refractivity contribution in [3.05, 3.63) is 29.8 Å². The highest BCUT2D eigenvalue weighted by Crippen LogP contribution is 2.52. The fourth-order valence-electron chi connectivity index (χ4n) is 2.94. The Morgan fingerprint density at radius 1 is 1.47 bits per heavy atom. The van der Waals surface area contributed by atoms with Gasteiger partial charge in [0.25, 0.3) is 0 Å². The van der Waals surface area contributed by atoms with E-state index in [0.29, 0.717) is 5.92 Å². The predicted octanol–water partition coefficient (Wildman–Crippen LogP) is 2.05. The maximum atomic E-state index is 9.38. The van der Waals surface area contributed by atoms with E-state index in [-0.39, 0.29) is 11.5 Å². The molecule has 1 saturated heterocycles. The van der Waals surface area contributed by atoms with Gasteiger partial charge in [0.1, 0.15) is 5.75 Å². The van der Waals surface area contributed by atoms with Crippen LogP contribution in [0.5, 0.6) is 5.75 Å². The maximum Gasteiger partial charge on any atom is 0.119 e. The van der Waals surface area contributed by atoms with Gasteiger partial charge in [0.2, 0.25) is 0 Å². The zero-order valence-electron chi connectivity index (χ0n) is 9.94. The van der Waals surface area contributed by atoms with Gasteiger partial charge in [-0.05, 0) is 30.5 Å². The van der Waals surface area contributed by atoms with E-state index in [1.165, 1.54) is 5.56 Å². The lowest BCUT2D eigenvalue weighted by Crippen LogP contribution is -2.28. The molecule has 1 aliphatic carbocycles. The summed E-state index contributed by atoms with van der Waals surface area (Å²) in [7, 11) is 1.68. The molecule has 2 fully saturated rings. The third-order valence-electron chi connectivity index (χ3n) is 4.12. The Labute approximate surface area is 101 Å². The van der Waals surface area contributed by atoms with Crippen LogP contribution < -0.4 is 10.1 Å². The Balaban J connectivity index is 1.91. The van der Waals surface area contributed by atoms with Gasteiger partial charge < -0.3 is 10.1 Å². The van der Waals surface area contributed by atoms with Gasteiger partial charge in [0.15, 0.2) is 0 Å². The Hall–Kier alpha value is -1.53. The molecule has 3 heteroatoms. The molecule has 1 heterocycles. The molecular formula is C14H16N2O. The van der Waals surface area contributed by atoms with E-state index in [2.05, 4.69) is 23.5 Å². The molecule has 2 atom stereocenters. The van der Waals surface area contributed by atoms with Crippen molar-refractivity contribution in [3.63, 3.8) is 0 Å². The Morgan fingerprint density at radius 2 is 2.29 bits per heavy atom. The third-order valence-corrected chi connectivity index (χ3v) is 4.12. The van der Waals surface area contributed by atoms with Crippen LogP contribution in [0.2, 0.25) is 0 Å². The van der Waals surface area contributed by atoms with Crippen molar-refractivity contribution in [1.29, 1.82) is 5.26 Å². The van der Waals surface area contributed by atoms with Crippen molar-refractivity contribution in [1.82, 2.24) is 5.32 Å². The highest BCUT2D eigenvalue weighted by Gasteiger charge is 2.56. The minimum atomic E-state index is 0.106. The highest BCUT2D eigenvalue weighted by atomic mass is 16.5. The topological polar surface area (TPSA) is 45.0 Å². The molecule has 1 aromatic carbocycles. The second-order valence-corrected chi connectivity index (χ2v) is 5.03. The van der Waals surface area contributed by atoms with Crippen molar-refractivity contribution in [3.8, 4) is 11.8 Å². The number of nitriles is 1. The molecule has 3 nitrogen and oxygen atoms in total. The van der Waals surface area contributed by atoms with E-state index in [4.69, 9.17) is 4.74 Å². The third kappa shape index (κ3) is 1.60. The van der Waals surface area contributed by atoms with Crippen LogP contribution in [0.25, 0.3) is 0 Å². The van der Waals surface area contributed by atoms with Gasteiger partial charge in [-0.3, -0.25) is 0 Å². The van der Waals surface area contributed by atoms with Crippen molar-refractivity contribution in [2.24, 2.45) is 5.92 Å². The van der Waals surface area contributed by atoms with Crippen molar-refractivity contribution < 1.29 is 4.74 Å². The first kappa shape index (κ1) is 10.6. The van der Waals surface area contributed by atoms with E-state index in [0.717, 1.165) is 25.1 Å². The molecule has 1 spiro atoms. The zero-order chi connectivity index (χ0) is 11.9. The van der Waals surface area contributed by atoms with Crippen LogP contribution in [0.4, 0.5) is 0 Å². The number of hydrogen-bond donors (Lipinski definition) is 1. The molecular weight excluding hydrogens is 212 g/mol. The molecule has 1 N–H and O–H groups in total. The van der Waals surface area contributed by atoms with E-state index >= 15 is 0 Å². The van der Waals surface area contributed by atoms with E-state index in [1.54, 1.807) is 7.11 Å². The minimum absolute atomic E-state index is 0.106. The Kier molecular flexibility index (Phi) is 2.34. The average Bonchev–Trinajstić information content (AvgIpc) is 3.04. The van der Waals surface area contributed by atoms with Gasteiger partial charge in [-0.2, -0.15) is 5.26 Å². The number of benzene rings is 1. The minimum Gasteiger partial charge on any atom is -0.497 e. The van der Waals surface area contributed by atoms with Gasteiger partial charge in [-0.1, -0.05) is 12.1 Å². The predicted molar refractivity (Wildman–Crippen MR) is 64.8 cm³/mol. The molecule has 0 unspecified atom stereocenters. The summed E-state index contributed by atoms with van der Waals surface area (Å²) in [6.45, 7) is 0.908. The summed E-state index contributed by atoms with van der Waals surface area (Å²) in [4.78, 5) is 0. The molecule has 0 radical (unpaired) electrons. The lowest BCUT2D eigenvalue weighted by atomic mass is 9.85. The van der Waals surface area contributed by atoms with Crippen molar-refractivity contribution in [2.45, 2.75) is 24.3 Å². The standard InChI is InChI=1S/C14H16N2O/c1-17-11-4-2-3-10(7-11)12-9-16-14(5-6-14)13(12)8-15/h2-4,7,12-13,16H,5-6,9H2,1H3/t12-,13-/m0/s1. The first-order valence-corrected chi connectivity index (χ1v) is 6.08. The fourth-order valence-corrected chi connectivity index (χ4v) is 2.94. The quantitative estimate of drug-likeness (QED) is 0.842. The number of nitrogens with one attached hydrogen (secondary N) is 1. The molecule has 3 rings (SSSR count). The first-order chi connectivity index (χ1) is 8.29. The van der Waals surface area contributed by atoms with Crippen LogP contribution in [0.3, 0.4) is 0 Å². The number of nitrogens with zero attached hydrogens (tertiary/aromatic N) is 1. The summed E-state index contributed by atoms with van der Waals surface area (Å²) < 4.78 is 5.25. The molecule has 1 saturated carbocycles. The largest absolute Gasteiger partial charge is 0.497 e. The summed E-state index contributed by atoms with van der Waals surface area (Å²) in [5.74, 6) is 1.28. The molecule has 1 aromatic rings. The molecule has 0 bridgehead atoms.